The maximum Gasteiger partial charge on any atom is 0.261 e. The fourth-order valence-electron chi connectivity index (χ4n) is 3.01. The van der Waals surface area contributed by atoms with Crippen LogP contribution in [0.4, 0.5) is 11.4 Å². The zero-order chi connectivity index (χ0) is 23.3. The molecule has 3 aromatic carbocycles. The summed E-state index contributed by atoms with van der Waals surface area (Å²) >= 11 is 0. The normalized spacial score (nSPS) is 11.0. The van der Waals surface area contributed by atoms with Crippen molar-refractivity contribution in [3.63, 3.8) is 0 Å². The Morgan fingerprint density at radius 1 is 0.875 bits per heavy atom. The molecule has 0 aliphatic heterocycles. The van der Waals surface area contributed by atoms with Gasteiger partial charge in [0, 0.05) is 18.3 Å². The third kappa shape index (κ3) is 5.73. The second kappa shape index (κ2) is 9.65. The number of amides is 2. The van der Waals surface area contributed by atoms with Gasteiger partial charge in [0.05, 0.1) is 17.1 Å². The molecule has 0 aliphatic rings. The highest BCUT2D eigenvalue weighted by Crippen LogP contribution is 2.20. The van der Waals surface area contributed by atoms with E-state index in [1.807, 2.05) is 38.1 Å². The molecule has 8 heteroatoms. The van der Waals surface area contributed by atoms with Gasteiger partial charge in [-0.1, -0.05) is 35.9 Å². The van der Waals surface area contributed by atoms with E-state index in [1.54, 1.807) is 24.3 Å². The van der Waals surface area contributed by atoms with Crippen LogP contribution in [-0.2, 0) is 14.8 Å². The van der Waals surface area contributed by atoms with Crippen molar-refractivity contribution in [3.8, 4) is 0 Å². The van der Waals surface area contributed by atoms with Crippen LogP contribution in [0.2, 0.25) is 0 Å². The predicted octanol–water partition coefficient (Wildman–Crippen LogP) is 3.81. The van der Waals surface area contributed by atoms with Crippen LogP contribution < -0.4 is 10.0 Å². The van der Waals surface area contributed by atoms with E-state index < -0.39 is 10.0 Å². The average molecular weight is 452 g/mol. The molecule has 0 bridgehead atoms. The number of para-hydroxylation sites is 1. The number of rotatable bonds is 7. The van der Waals surface area contributed by atoms with Crippen LogP contribution in [0.15, 0.2) is 77.7 Å². The number of sulfonamides is 1. The highest BCUT2D eigenvalue weighted by molar-refractivity contribution is 7.92. The van der Waals surface area contributed by atoms with Gasteiger partial charge in [-0.3, -0.25) is 14.3 Å². The third-order valence-corrected chi connectivity index (χ3v) is 6.25. The largest absolute Gasteiger partial charge is 0.332 e. The molecule has 0 radical (unpaired) electrons. The fraction of sp³-hybridized carbons (Fsp3) is 0.167. The maximum atomic E-state index is 12.7. The Hall–Kier alpha value is -3.65. The molecule has 2 N–H and O–H groups in total. The van der Waals surface area contributed by atoms with E-state index in [0.717, 1.165) is 11.1 Å². The minimum Gasteiger partial charge on any atom is -0.332 e. The van der Waals surface area contributed by atoms with Crippen LogP contribution in [-0.4, -0.2) is 38.7 Å². The molecular weight excluding hydrogens is 426 g/mol. The van der Waals surface area contributed by atoms with Gasteiger partial charge in [-0.25, -0.2) is 8.42 Å². The Kier molecular flexibility index (Phi) is 6.95. The van der Waals surface area contributed by atoms with E-state index in [-0.39, 0.29) is 28.8 Å². The molecule has 0 aliphatic carbocycles. The molecule has 0 unspecified atom stereocenters. The Morgan fingerprint density at radius 2 is 1.50 bits per heavy atom. The molecule has 0 aromatic heterocycles. The van der Waals surface area contributed by atoms with Crippen LogP contribution >= 0.6 is 0 Å². The molecule has 0 atom stereocenters. The lowest BCUT2D eigenvalue weighted by molar-refractivity contribution is -0.116. The van der Waals surface area contributed by atoms with Gasteiger partial charge in [0.25, 0.3) is 15.9 Å². The minimum absolute atomic E-state index is 0.0390. The molecule has 0 saturated heterocycles. The summed E-state index contributed by atoms with van der Waals surface area (Å²) in [7, 11) is -2.28. The summed E-state index contributed by atoms with van der Waals surface area (Å²) in [5.41, 5.74) is 3.30. The highest BCUT2D eigenvalue weighted by Gasteiger charge is 2.18. The van der Waals surface area contributed by atoms with Gasteiger partial charge >= 0.3 is 0 Å². The summed E-state index contributed by atoms with van der Waals surface area (Å²) in [4.78, 5) is 26.2. The van der Waals surface area contributed by atoms with Gasteiger partial charge in [0.2, 0.25) is 5.91 Å². The first-order valence-corrected chi connectivity index (χ1v) is 11.4. The van der Waals surface area contributed by atoms with E-state index in [0.29, 0.717) is 11.4 Å². The average Bonchev–Trinajstić information content (AvgIpc) is 2.76. The molecule has 7 nitrogen and oxygen atoms in total. The second-order valence-corrected chi connectivity index (χ2v) is 9.20. The Morgan fingerprint density at radius 3 is 2.12 bits per heavy atom. The number of likely N-dealkylation sites (N-methyl/N-ethyl adjacent to an activating group) is 1. The Bertz CT molecular complexity index is 1220. The first kappa shape index (κ1) is 23.0. The molecule has 32 heavy (non-hydrogen) atoms. The summed E-state index contributed by atoms with van der Waals surface area (Å²) in [6.45, 7) is 3.62. The molecule has 0 heterocycles. The first-order chi connectivity index (χ1) is 15.2. The standard InChI is InChI=1S/C24H25N3O4S/c1-17-8-12-20(13-9-17)25-23(28)16-27(3)24(29)19-10-14-21(15-11-19)32(30,31)26-22-7-5-4-6-18(22)2/h4-15,26H,16H2,1-3H3,(H,25,28). The van der Waals surface area contributed by atoms with E-state index in [9.17, 15) is 18.0 Å². The third-order valence-electron chi connectivity index (χ3n) is 4.86. The monoisotopic (exact) mass is 451 g/mol. The number of benzene rings is 3. The van der Waals surface area contributed by atoms with Gasteiger partial charge < -0.3 is 10.2 Å². The van der Waals surface area contributed by atoms with Crippen molar-refractivity contribution in [2.24, 2.45) is 0 Å². The number of anilines is 2. The molecule has 3 rings (SSSR count). The zero-order valence-electron chi connectivity index (χ0n) is 18.1. The maximum absolute atomic E-state index is 12.7. The van der Waals surface area contributed by atoms with Crippen molar-refractivity contribution >= 4 is 33.2 Å². The smallest absolute Gasteiger partial charge is 0.261 e. The molecule has 166 valence electrons. The highest BCUT2D eigenvalue weighted by atomic mass is 32.2. The lowest BCUT2D eigenvalue weighted by Crippen LogP contribution is -2.34. The van der Waals surface area contributed by atoms with Crippen LogP contribution in [0.1, 0.15) is 21.5 Å². The van der Waals surface area contributed by atoms with Crippen molar-refractivity contribution in [1.82, 2.24) is 4.90 Å². The van der Waals surface area contributed by atoms with Gasteiger partial charge in [-0.2, -0.15) is 0 Å². The number of hydrogen-bond acceptors (Lipinski definition) is 4. The van der Waals surface area contributed by atoms with Crippen molar-refractivity contribution in [2.45, 2.75) is 18.7 Å². The van der Waals surface area contributed by atoms with Crippen LogP contribution in [0.3, 0.4) is 0 Å². The molecular formula is C24H25N3O4S. The van der Waals surface area contributed by atoms with E-state index in [2.05, 4.69) is 10.0 Å². The summed E-state index contributed by atoms with van der Waals surface area (Å²) in [5.74, 6) is -0.716. The molecule has 2 amide bonds. The summed E-state index contributed by atoms with van der Waals surface area (Å²) in [6, 6.07) is 20.0. The number of carbonyl (C=O) groups excluding carboxylic acids is 2. The Balaban J connectivity index is 1.64. The number of nitrogens with one attached hydrogen (secondary N) is 2. The van der Waals surface area contributed by atoms with Crippen molar-refractivity contribution in [3.05, 3.63) is 89.5 Å². The van der Waals surface area contributed by atoms with Crippen LogP contribution in [0.25, 0.3) is 0 Å². The molecule has 0 saturated carbocycles. The quantitative estimate of drug-likeness (QED) is 0.571. The molecule has 0 fully saturated rings. The summed E-state index contributed by atoms with van der Waals surface area (Å²) in [5, 5.41) is 2.74. The fourth-order valence-corrected chi connectivity index (χ4v) is 4.14. The number of carbonyl (C=O) groups is 2. The first-order valence-electron chi connectivity index (χ1n) is 9.96. The molecule has 0 spiro atoms. The van der Waals surface area contributed by atoms with Crippen LogP contribution in [0.5, 0.6) is 0 Å². The van der Waals surface area contributed by atoms with Gasteiger partial charge in [-0.05, 0) is 61.9 Å². The van der Waals surface area contributed by atoms with Gasteiger partial charge in [0.15, 0.2) is 0 Å². The zero-order valence-corrected chi connectivity index (χ0v) is 18.9. The number of nitrogens with zero attached hydrogens (tertiary/aromatic N) is 1. The molecule has 3 aromatic rings. The number of aryl methyl sites for hydroxylation is 2. The second-order valence-electron chi connectivity index (χ2n) is 7.52. The SMILES string of the molecule is Cc1ccc(NC(=O)CN(C)C(=O)c2ccc(S(=O)(=O)Nc3ccccc3C)cc2)cc1. The van der Waals surface area contributed by atoms with Crippen LogP contribution in [0, 0.1) is 13.8 Å². The summed E-state index contributed by atoms with van der Waals surface area (Å²) in [6.07, 6.45) is 0. The lowest BCUT2D eigenvalue weighted by Gasteiger charge is -2.17. The van der Waals surface area contributed by atoms with E-state index in [4.69, 9.17) is 0 Å². The topological polar surface area (TPSA) is 95.6 Å². The predicted molar refractivity (Wildman–Crippen MR) is 125 cm³/mol. The van der Waals surface area contributed by atoms with Crippen molar-refractivity contribution in [2.75, 3.05) is 23.6 Å². The van der Waals surface area contributed by atoms with Crippen molar-refractivity contribution in [1.29, 1.82) is 0 Å². The van der Waals surface area contributed by atoms with Crippen molar-refractivity contribution < 1.29 is 18.0 Å². The van der Waals surface area contributed by atoms with E-state index in [1.165, 1.54) is 36.2 Å². The Labute approximate surface area is 188 Å². The minimum atomic E-state index is -3.79. The summed E-state index contributed by atoms with van der Waals surface area (Å²) < 4.78 is 27.9. The van der Waals surface area contributed by atoms with E-state index >= 15 is 0 Å². The van der Waals surface area contributed by atoms with Gasteiger partial charge in [-0.15, -0.1) is 0 Å². The number of hydrogen-bond donors (Lipinski definition) is 2. The van der Waals surface area contributed by atoms with Gasteiger partial charge in [0.1, 0.15) is 0 Å². The lowest BCUT2D eigenvalue weighted by atomic mass is 10.2.